The van der Waals surface area contributed by atoms with Crippen LogP contribution in [0.3, 0.4) is 0 Å². The number of benzene rings is 1. The van der Waals surface area contributed by atoms with Crippen LogP contribution in [0.15, 0.2) is 24.3 Å². The quantitative estimate of drug-likeness (QED) is 0.870. The zero-order valence-electron chi connectivity index (χ0n) is 11.8. The molecule has 1 amide bonds. The topological polar surface area (TPSA) is 50.4 Å². The molecular formula is C15H22N2O2. The number of para-hydroxylation sites is 1. The van der Waals surface area contributed by atoms with Crippen LogP contribution in [-0.2, 0) is 16.0 Å². The summed E-state index contributed by atoms with van der Waals surface area (Å²) in [6, 6.07) is 8.31. The summed E-state index contributed by atoms with van der Waals surface area (Å²) in [6.45, 7) is 4.55. The summed E-state index contributed by atoms with van der Waals surface area (Å²) in [5.41, 5.74) is 2.35. The van der Waals surface area contributed by atoms with Crippen molar-refractivity contribution in [2.75, 3.05) is 19.0 Å². The minimum absolute atomic E-state index is 0.0287. The summed E-state index contributed by atoms with van der Waals surface area (Å²) >= 11 is 0. The second-order valence-electron chi connectivity index (χ2n) is 5.19. The molecule has 3 unspecified atom stereocenters. The van der Waals surface area contributed by atoms with Gasteiger partial charge in [0.2, 0.25) is 5.91 Å². The Kier molecular flexibility index (Phi) is 4.43. The van der Waals surface area contributed by atoms with Gasteiger partial charge in [0.15, 0.2) is 0 Å². The van der Waals surface area contributed by atoms with E-state index in [1.807, 2.05) is 19.1 Å². The lowest BCUT2D eigenvalue weighted by atomic mass is 9.87. The summed E-state index contributed by atoms with van der Waals surface area (Å²) in [5.74, 6) is 0.0670. The second-order valence-corrected chi connectivity index (χ2v) is 5.19. The Morgan fingerprint density at radius 2 is 2.26 bits per heavy atom. The molecule has 1 aromatic rings. The van der Waals surface area contributed by atoms with Crippen molar-refractivity contribution in [3.63, 3.8) is 0 Å². The van der Waals surface area contributed by atoms with Gasteiger partial charge in [0.05, 0.1) is 12.0 Å². The highest BCUT2D eigenvalue weighted by atomic mass is 16.5. The summed E-state index contributed by atoms with van der Waals surface area (Å²) < 4.78 is 5.14. The standard InChI is InChI=1S/C15H22N2O2/c1-10(19-3)9-16-15(18)13-8-12-6-4-5-7-14(12)17-11(13)2/h4-7,10-11,13,17H,8-9H2,1-3H3,(H,16,18). The van der Waals surface area contributed by atoms with Crippen molar-refractivity contribution < 1.29 is 9.53 Å². The van der Waals surface area contributed by atoms with Crippen molar-refractivity contribution in [3.8, 4) is 0 Å². The Balaban J connectivity index is 2.00. The number of ether oxygens (including phenoxy) is 1. The highest BCUT2D eigenvalue weighted by Crippen LogP contribution is 2.28. The Hall–Kier alpha value is -1.55. The lowest BCUT2D eigenvalue weighted by Gasteiger charge is -2.31. The zero-order valence-corrected chi connectivity index (χ0v) is 11.8. The molecule has 2 N–H and O–H groups in total. The van der Waals surface area contributed by atoms with Gasteiger partial charge in [-0.25, -0.2) is 0 Å². The summed E-state index contributed by atoms with van der Waals surface area (Å²) in [5, 5.41) is 6.36. The fourth-order valence-corrected chi connectivity index (χ4v) is 2.38. The van der Waals surface area contributed by atoms with Gasteiger partial charge in [-0.2, -0.15) is 0 Å². The first-order chi connectivity index (χ1) is 9.11. The maximum absolute atomic E-state index is 12.2. The molecule has 3 atom stereocenters. The fraction of sp³-hybridized carbons (Fsp3) is 0.533. The van der Waals surface area contributed by atoms with E-state index >= 15 is 0 Å². The number of hydrogen-bond donors (Lipinski definition) is 2. The van der Waals surface area contributed by atoms with Crippen LogP contribution in [0.5, 0.6) is 0 Å². The lowest BCUT2D eigenvalue weighted by molar-refractivity contribution is -0.125. The molecule has 4 nitrogen and oxygen atoms in total. The van der Waals surface area contributed by atoms with Gasteiger partial charge in [-0.3, -0.25) is 4.79 Å². The molecule has 104 valence electrons. The third-order valence-electron chi connectivity index (χ3n) is 3.75. The molecule has 1 aliphatic rings. The van der Waals surface area contributed by atoms with Crippen LogP contribution < -0.4 is 10.6 Å². The van der Waals surface area contributed by atoms with E-state index in [1.54, 1.807) is 7.11 Å². The highest BCUT2D eigenvalue weighted by Gasteiger charge is 2.30. The van der Waals surface area contributed by atoms with E-state index in [0.717, 1.165) is 12.1 Å². The van der Waals surface area contributed by atoms with Crippen LogP contribution in [0.1, 0.15) is 19.4 Å². The molecule has 2 rings (SSSR count). The van der Waals surface area contributed by atoms with E-state index in [0.29, 0.717) is 6.54 Å². The van der Waals surface area contributed by atoms with Crippen LogP contribution in [0, 0.1) is 5.92 Å². The Morgan fingerprint density at radius 3 is 3.00 bits per heavy atom. The smallest absolute Gasteiger partial charge is 0.225 e. The van der Waals surface area contributed by atoms with E-state index in [4.69, 9.17) is 4.74 Å². The van der Waals surface area contributed by atoms with E-state index in [1.165, 1.54) is 5.56 Å². The number of anilines is 1. The largest absolute Gasteiger partial charge is 0.382 e. The number of methoxy groups -OCH3 is 1. The number of rotatable bonds is 4. The molecule has 0 saturated heterocycles. The van der Waals surface area contributed by atoms with Crippen LogP contribution >= 0.6 is 0 Å². The van der Waals surface area contributed by atoms with E-state index < -0.39 is 0 Å². The number of carbonyl (C=O) groups is 1. The molecule has 0 aliphatic carbocycles. The summed E-state index contributed by atoms with van der Waals surface area (Å²) in [4.78, 5) is 12.2. The molecule has 4 heteroatoms. The number of carbonyl (C=O) groups excluding carboxylic acids is 1. The van der Waals surface area contributed by atoms with Crippen molar-refractivity contribution in [1.82, 2.24) is 5.32 Å². The molecule has 1 aromatic carbocycles. The van der Waals surface area contributed by atoms with Crippen LogP contribution in [0.4, 0.5) is 5.69 Å². The molecule has 0 saturated carbocycles. The molecule has 1 aliphatic heterocycles. The highest BCUT2D eigenvalue weighted by molar-refractivity contribution is 5.81. The number of hydrogen-bond acceptors (Lipinski definition) is 3. The van der Waals surface area contributed by atoms with Crippen molar-refractivity contribution in [2.45, 2.75) is 32.4 Å². The van der Waals surface area contributed by atoms with Crippen molar-refractivity contribution >= 4 is 11.6 Å². The lowest BCUT2D eigenvalue weighted by Crippen LogP contribution is -2.45. The first kappa shape index (κ1) is 13.9. The maximum Gasteiger partial charge on any atom is 0.225 e. The summed E-state index contributed by atoms with van der Waals surface area (Å²) in [7, 11) is 1.65. The molecule has 0 aromatic heterocycles. The third-order valence-corrected chi connectivity index (χ3v) is 3.75. The van der Waals surface area contributed by atoms with Gasteiger partial charge in [0, 0.05) is 25.4 Å². The van der Waals surface area contributed by atoms with E-state index in [2.05, 4.69) is 29.7 Å². The minimum Gasteiger partial charge on any atom is -0.382 e. The van der Waals surface area contributed by atoms with E-state index in [9.17, 15) is 4.79 Å². The Morgan fingerprint density at radius 1 is 1.53 bits per heavy atom. The Labute approximate surface area is 114 Å². The molecule has 19 heavy (non-hydrogen) atoms. The van der Waals surface area contributed by atoms with Crippen LogP contribution in [0.2, 0.25) is 0 Å². The van der Waals surface area contributed by atoms with Gasteiger partial charge in [0.1, 0.15) is 0 Å². The van der Waals surface area contributed by atoms with Gasteiger partial charge in [-0.05, 0) is 31.9 Å². The fourth-order valence-electron chi connectivity index (χ4n) is 2.38. The van der Waals surface area contributed by atoms with Gasteiger partial charge >= 0.3 is 0 Å². The van der Waals surface area contributed by atoms with Crippen molar-refractivity contribution in [3.05, 3.63) is 29.8 Å². The molecule has 0 bridgehead atoms. The van der Waals surface area contributed by atoms with Crippen LogP contribution in [-0.4, -0.2) is 31.7 Å². The predicted molar refractivity (Wildman–Crippen MR) is 76.2 cm³/mol. The zero-order chi connectivity index (χ0) is 13.8. The van der Waals surface area contributed by atoms with E-state index in [-0.39, 0.29) is 24.0 Å². The van der Waals surface area contributed by atoms with Crippen LogP contribution in [0.25, 0.3) is 0 Å². The third kappa shape index (κ3) is 3.26. The monoisotopic (exact) mass is 262 g/mol. The SMILES string of the molecule is COC(C)CNC(=O)C1Cc2ccccc2NC1C. The molecule has 0 spiro atoms. The van der Waals surface area contributed by atoms with Crippen molar-refractivity contribution in [1.29, 1.82) is 0 Å². The average Bonchev–Trinajstić information content (AvgIpc) is 2.43. The Bertz CT molecular complexity index is 448. The first-order valence-electron chi connectivity index (χ1n) is 6.76. The number of amides is 1. The molecular weight excluding hydrogens is 240 g/mol. The summed E-state index contributed by atoms with van der Waals surface area (Å²) in [6.07, 6.45) is 0.834. The molecule has 1 heterocycles. The van der Waals surface area contributed by atoms with Gasteiger partial charge < -0.3 is 15.4 Å². The molecule has 0 radical (unpaired) electrons. The average molecular weight is 262 g/mol. The number of fused-ring (bicyclic) bond motifs is 1. The predicted octanol–water partition coefficient (Wildman–Crippen LogP) is 1.81. The maximum atomic E-state index is 12.2. The van der Waals surface area contributed by atoms with Crippen molar-refractivity contribution in [2.24, 2.45) is 5.92 Å². The van der Waals surface area contributed by atoms with Gasteiger partial charge in [0.25, 0.3) is 0 Å². The number of nitrogens with one attached hydrogen (secondary N) is 2. The normalized spacial score (nSPS) is 23.1. The second kappa shape index (κ2) is 6.06. The minimum atomic E-state index is -0.0287. The first-order valence-corrected chi connectivity index (χ1v) is 6.76. The van der Waals surface area contributed by atoms with Gasteiger partial charge in [-0.15, -0.1) is 0 Å². The molecule has 0 fully saturated rings. The van der Waals surface area contributed by atoms with Gasteiger partial charge in [-0.1, -0.05) is 18.2 Å².